The molecule has 6 atom stereocenters. The zero-order valence-corrected chi connectivity index (χ0v) is 13.9. The maximum absolute atomic E-state index is 13.1. The highest BCUT2D eigenvalue weighted by Crippen LogP contribution is 2.62. The Morgan fingerprint density at radius 2 is 2.12 bits per heavy atom. The van der Waals surface area contributed by atoms with Crippen molar-refractivity contribution < 1.29 is 28.6 Å². The summed E-state index contributed by atoms with van der Waals surface area (Å²) in [5, 5.41) is 10.8. The van der Waals surface area contributed by atoms with Gasteiger partial charge in [-0.15, -0.1) is 0 Å². The number of furan rings is 1. The molecule has 1 spiro atoms. The standard InChI is InChI=1S/C19H20O6/c1-9-15(20)16-14-10(17(21)25-16)4-2-5-11(14)19(9)8-13(24-18(19)22)12-6-3-7-23-12/h3,6-7,9,11,13,15-16,20H,2,4-5,8H2,1H3/t9-,11+,13+,15+,16-,19-/m1/s1. The Balaban J connectivity index is 1.63. The minimum absolute atomic E-state index is 0.112. The van der Waals surface area contributed by atoms with Crippen molar-refractivity contribution in [3.63, 3.8) is 0 Å². The van der Waals surface area contributed by atoms with Crippen LogP contribution in [0.2, 0.25) is 0 Å². The predicted molar refractivity (Wildman–Crippen MR) is 84.0 cm³/mol. The summed E-state index contributed by atoms with van der Waals surface area (Å²) in [7, 11) is 0. The zero-order chi connectivity index (χ0) is 17.3. The van der Waals surface area contributed by atoms with Crippen molar-refractivity contribution in [1.29, 1.82) is 0 Å². The first-order valence-corrected chi connectivity index (χ1v) is 8.90. The summed E-state index contributed by atoms with van der Waals surface area (Å²) in [4.78, 5) is 25.3. The van der Waals surface area contributed by atoms with Crippen LogP contribution in [0.5, 0.6) is 0 Å². The van der Waals surface area contributed by atoms with Crippen molar-refractivity contribution in [2.24, 2.45) is 17.3 Å². The monoisotopic (exact) mass is 344 g/mol. The highest BCUT2D eigenvalue weighted by Gasteiger charge is 2.67. The van der Waals surface area contributed by atoms with Crippen LogP contribution in [0.15, 0.2) is 34.0 Å². The molecule has 0 bridgehead atoms. The molecule has 1 N–H and O–H groups in total. The van der Waals surface area contributed by atoms with Gasteiger partial charge in [0.2, 0.25) is 0 Å². The minimum atomic E-state index is -0.895. The maximum atomic E-state index is 13.1. The molecule has 0 aromatic carbocycles. The number of ether oxygens (including phenoxy) is 2. The third-order valence-corrected chi connectivity index (χ3v) is 6.70. The number of aliphatic hydroxyl groups excluding tert-OH is 1. The van der Waals surface area contributed by atoms with Crippen LogP contribution in [0.1, 0.15) is 44.5 Å². The number of fused-ring (bicyclic) bond motifs is 1. The molecule has 2 aliphatic heterocycles. The van der Waals surface area contributed by atoms with Crippen LogP contribution in [0, 0.1) is 17.3 Å². The van der Waals surface area contributed by atoms with E-state index in [9.17, 15) is 14.7 Å². The number of esters is 2. The predicted octanol–water partition coefficient (Wildman–Crippen LogP) is 2.29. The summed E-state index contributed by atoms with van der Waals surface area (Å²) in [5.41, 5.74) is 0.683. The zero-order valence-electron chi connectivity index (χ0n) is 13.9. The van der Waals surface area contributed by atoms with E-state index < -0.39 is 23.7 Å². The Kier molecular flexibility index (Phi) is 3.02. The first-order valence-electron chi connectivity index (χ1n) is 8.90. The molecule has 2 aliphatic carbocycles. The van der Waals surface area contributed by atoms with E-state index in [-0.39, 0.29) is 23.8 Å². The second-order valence-electron chi connectivity index (χ2n) is 7.64. The maximum Gasteiger partial charge on any atom is 0.334 e. The highest BCUT2D eigenvalue weighted by atomic mass is 16.6. The number of aliphatic hydroxyl groups is 1. The molecular formula is C19H20O6. The first kappa shape index (κ1) is 15.2. The lowest BCUT2D eigenvalue weighted by Crippen LogP contribution is -2.56. The number of hydrogen-bond donors (Lipinski definition) is 1. The van der Waals surface area contributed by atoms with E-state index >= 15 is 0 Å². The lowest BCUT2D eigenvalue weighted by Gasteiger charge is -2.49. The summed E-state index contributed by atoms with van der Waals surface area (Å²) in [5.74, 6) is -0.473. The van der Waals surface area contributed by atoms with E-state index in [0.29, 0.717) is 24.2 Å². The van der Waals surface area contributed by atoms with Gasteiger partial charge in [-0.3, -0.25) is 4.79 Å². The fourth-order valence-electron chi connectivity index (χ4n) is 5.47. The molecule has 1 aromatic heterocycles. The summed E-state index contributed by atoms with van der Waals surface area (Å²) in [6, 6.07) is 3.57. The van der Waals surface area contributed by atoms with Gasteiger partial charge in [0.15, 0.2) is 12.2 Å². The molecule has 0 unspecified atom stereocenters. The van der Waals surface area contributed by atoms with E-state index in [1.807, 2.05) is 6.92 Å². The van der Waals surface area contributed by atoms with Gasteiger partial charge in [0.25, 0.3) is 0 Å². The van der Waals surface area contributed by atoms with Gasteiger partial charge in [-0.25, -0.2) is 4.79 Å². The Hall–Kier alpha value is -2.08. The third-order valence-electron chi connectivity index (χ3n) is 6.70. The molecular weight excluding hydrogens is 324 g/mol. The largest absolute Gasteiger partial charge is 0.465 e. The smallest absolute Gasteiger partial charge is 0.334 e. The molecule has 1 saturated carbocycles. The van der Waals surface area contributed by atoms with E-state index in [1.54, 1.807) is 18.4 Å². The number of carbonyl (C=O) groups excluding carboxylic acids is 2. The summed E-state index contributed by atoms with van der Waals surface area (Å²) in [6.45, 7) is 1.87. The molecule has 5 rings (SSSR count). The van der Waals surface area contributed by atoms with Crippen LogP contribution >= 0.6 is 0 Å². The molecule has 2 fully saturated rings. The van der Waals surface area contributed by atoms with E-state index in [0.717, 1.165) is 18.4 Å². The van der Waals surface area contributed by atoms with Crippen LogP contribution in [-0.2, 0) is 19.1 Å². The van der Waals surface area contributed by atoms with Gasteiger partial charge in [0, 0.05) is 23.8 Å². The molecule has 25 heavy (non-hydrogen) atoms. The Morgan fingerprint density at radius 3 is 2.88 bits per heavy atom. The van der Waals surface area contributed by atoms with Crippen molar-refractivity contribution in [3.8, 4) is 0 Å². The quantitative estimate of drug-likeness (QED) is 0.787. The molecule has 1 saturated heterocycles. The minimum Gasteiger partial charge on any atom is -0.465 e. The summed E-state index contributed by atoms with van der Waals surface area (Å²) < 4.78 is 16.6. The molecule has 0 amide bonds. The number of hydrogen-bond acceptors (Lipinski definition) is 6. The first-order chi connectivity index (χ1) is 12.0. The lowest BCUT2D eigenvalue weighted by atomic mass is 9.53. The van der Waals surface area contributed by atoms with Crippen molar-refractivity contribution >= 4 is 11.9 Å². The molecule has 4 aliphatic rings. The molecule has 1 aromatic rings. The second kappa shape index (κ2) is 4.97. The van der Waals surface area contributed by atoms with Crippen LogP contribution in [0.4, 0.5) is 0 Å². The fraction of sp³-hybridized carbons (Fsp3) is 0.579. The van der Waals surface area contributed by atoms with Gasteiger partial charge in [0.05, 0.1) is 17.8 Å². The van der Waals surface area contributed by atoms with Gasteiger partial charge in [-0.05, 0) is 37.0 Å². The fourth-order valence-corrected chi connectivity index (χ4v) is 5.47. The van der Waals surface area contributed by atoms with Crippen LogP contribution in [0.25, 0.3) is 0 Å². The number of carbonyl (C=O) groups is 2. The van der Waals surface area contributed by atoms with Crippen molar-refractivity contribution in [3.05, 3.63) is 35.3 Å². The average molecular weight is 344 g/mol. The van der Waals surface area contributed by atoms with Gasteiger partial charge in [-0.2, -0.15) is 0 Å². The Labute approximate surface area is 144 Å². The van der Waals surface area contributed by atoms with Gasteiger partial charge in [-0.1, -0.05) is 6.92 Å². The van der Waals surface area contributed by atoms with Crippen molar-refractivity contribution in [2.75, 3.05) is 0 Å². The van der Waals surface area contributed by atoms with Crippen molar-refractivity contribution in [2.45, 2.75) is 50.9 Å². The van der Waals surface area contributed by atoms with Gasteiger partial charge >= 0.3 is 11.9 Å². The number of cyclic esters (lactones) is 1. The normalized spacial score (nSPS) is 42.6. The molecule has 6 nitrogen and oxygen atoms in total. The average Bonchev–Trinajstić information content (AvgIpc) is 3.31. The summed E-state index contributed by atoms with van der Waals surface area (Å²) in [6.07, 6.45) is 2.39. The topological polar surface area (TPSA) is 86.0 Å². The Morgan fingerprint density at radius 1 is 1.28 bits per heavy atom. The lowest BCUT2D eigenvalue weighted by molar-refractivity contribution is -0.166. The van der Waals surface area contributed by atoms with Crippen LogP contribution in [0.3, 0.4) is 0 Å². The summed E-state index contributed by atoms with van der Waals surface area (Å²) >= 11 is 0. The van der Waals surface area contributed by atoms with Gasteiger partial charge < -0.3 is 19.0 Å². The SMILES string of the molecule is C[C@@H]1[C@H](O)[C@@H]2OC(=O)C3=C2[C@H](CCC3)[C@@]12C[C@@H](c1ccco1)OC2=O. The van der Waals surface area contributed by atoms with Crippen LogP contribution < -0.4 is 0 Å². The number of rotatable bonds is 1. The molecule has 0 radical (unpaired) electrons. The van der Waals surface area contributed by atoms with E-state index in [1.165, 1.54) is 0 Å². The second-order valence-corrected chi connectivity index (χ2v) is 7.64. The van der Waals surface area contributed by atoms with E-state index in [2.05, 4.69) is 0 Å². The molecule has 3 heterocycles. The third kappa shape index (κ3) is 1.78. The molecule has 132 valence electrons. The molecule has 6 heteroatoms. The van der Waals surface area contributed by atoms with Gasteiger partial charge in [0.1, 0.15) is 5.76 Å². The van der Waals surface area contributed by atoms with Crippen molar-refractivity contribution in [1.82, 2.24) is 0 Å². The Bertz CT molecular complexity index is 778. The van der Waals surface area contributed by atoms with Crippen LogP contribution in [-0.4, -0.2) is 29.3 Å². The highest BCUT2D eigenvalue weighted by molar-refractivity contribution is 5.94. The van der Waals surface area contributed by atoms with E-state index in [4.69, 9.17) is 13.9 Å².